The van der Waals surface area contributed by atoms with Gasteiger partial charge in [-0.3, -0.25) is 9.78 Å². The molecule has 6 heteroatoms. The zero-order valence-electron chi connectivity index (χ0n) is 15.3. The first-order valence-corrected chi connectivity index (χ1v) is 8.96. The number of oxazole rings is 1. The minimum Gasteiger partial charge on any atom is -0.441 e. The van der Waals surface area contributed by atoms with Gasteiger partial charge in [0.2, 0.25) is 5.89 Å². The molecule has 0 radical (unpaired) electrons. The van der Waals surface area contributed by atoms with Crippen LogP contribution < -0.4 is 5.32 Å². The van der Waals surface area contributed by atoms with Gasteiger partial charge in [0.25, 0.3) is 5.91 Å². The highest BCUT2D eigenvalue weighted by Crippen LogP contribution is 2.21. The third kappa shape index (κ3) is 3.62. The van der Waals surface area contributed by atoms with Gasteiger partial charge in [-0.25, -0.2) is 9.37 Å². The molecule has 1 N–H and O–H groups in total. The molecule has 140 valence electrons. The van der Waals surface area contributed by atoms with E-state index < -0.39 is 5.82 Å². The summed E-state index contributed by atoms with van der Waals surface area (Å²) < 4.78 is 19.9. The number of halogens is 1. The number of rotatable bonds is 5. The lowest BCUT2D eigenvalue weighted by Gasteiger charge is -2.06. The van der Waals surface area contributed by atoms with E-state index in [0.717, 1.165) is 17.0 Å². The second kappa shape index (κ2) is 7.60. The quantitative estimate of drug-likeness (QED) is 0.564. The van der Waals surface area contributed by atoms with Crippen molar-refractivity contribution in [2.75, 3.05) is 6.54 Å². The van der Waals surface area contributed by atoms with Crippen LogP contribution in [0.4, 0.5) is 4.39 Å². The summed E-state index contributed by atoms with van der Waals surface area (Å²) >= 11 is 0. The van der Waals surface area contributed by atoms with Gasteiger partial charge in [-0.1, -0.05) is 24.3 Å². The van der Waals surface area contributed by atoms with Crippen molar-refractivity contribution in [2.45, 2.75) is 13.3 Å². The highest BCUT2D eigenvalue weighted by atomic mass is 19.1. The Morgan fingerprint density at radius 3 is 2.79 bits per heavy atom. The predicted molar refractivity (Wildman–Crippen MR) is 104 cm³/mol. The summed E-state index contributed by atoms with van der Waals surface area (Å²) in [6.07, 6.45) is 2.04. The first-order valence-electron chi connectivity index (χ1n) is 8.96. The summed E-state index contributed by atoms with van der Waals surface area (Å²) in [6, 6.07) is 15.9. The molecule has 4 aromatic rings. The number of carbonyl (C=O) groups excluding carboxylic acids is 1. The number of aryl methyl sites for hydroxylation is 1. The fraction of sp³-hybridized carbons (Fsp3) is 0.136. The van der Waals surface area contributed by atoms with Gasteiger partial charge in [-0.2, -0.15) is 0 Å². The summed E-state index contributed by atoms with van der Waals surface area (Å²) in [4.78, 5) is 20.9. The van der Waals surface area contributed by atoms with E-state index >= 15 is 0 Å². The molecule has 0 saturated carbocycles. The molecule has 0 aliphatic heterocycles. The smallest absolute Gasteiger partial charge is 0.251 e. The van der Waals surface area contributed by atoms with Gasteiger partial charge in [0, 0.05) is 35.7 Å². The first-order chi connectivity index (χ1) is 13.6. The molecule has 5 nitrogen and oxygen atoms in total. The van der Waals surface area contributed by atoms with Crippen LogP contribution in [0.5, 0.6) is 0 Å². The summed E-state index contributed by atoms with van der Waals surface area (Å²) in [5, 5.41) is 3.40. The molecule has 0 atom stereocenters. The van der Waals surface area contributed by atoms with Crippen molar-refractivity contribution in [3.63, 3.8) is 0 Å². The summed E-state index contributed by atoms with van der Waals surface area (Å²) in [7, 11) is 0. The number of amides is 1. The second-order valence-corrected chi connectivity index (χ2v) is 6.43. The number of nitrogens with zero attached hydrogens (tertiary/aromatic N) is 2. The molecule has 2 aromatic heterocycles. The zero-order chi connectivity index (χ0) is 19.5. The number of nitrogens with one attached hydrogen (secondary N) is 1. The molecule has 1 amide bonds. The normalized spacial score (nSPS) is 10.9. The molecule has 2 aromatic carbocycles. The van der Waals surface area contributed by atoms with Crippen molar-refractivity contribution in [2.24, 2.45) is 0 Å². The maximum atomic E-state index is 14.1. The van der Waals surface area contributed by atoms with Gasteiger partial charge in [-0.05, 0) is 37.3 Å². The van der Waals surface area contributed by atoms with E-state index in [9.17, 15) is 9.18 Å². The van der Waals surface area contributed by atoms with E-state index in [1.165, 1.54) is 12.3 Å². The molecule has 0 unspecified atom stereocenters. The fourth-order valence-corrected chi connectivity index (χ4v) is 3.04. The van der Waals surface area contributed by atoms with Gasteiger partial charge in [0.15, 0.2) is 0 Å². The molecule has 0 fully saturated rings. The highest BCUT2D eigenvalue weighted by molar-refractivity contribution is 5.98. The van der Waals surface area contributed by atoms with Crippen molar-refractivity contribution in [1.29, 1.82) is 0 Å². The average Bonchev–Trinajstić information content (AvgIpc) is 3.09. The van der Waals surface area contributed by atoms with E-state index in [4.69, 9.17) is 4.42 Å². The summed E-state index contributed by atoms with van der Waals surface area (Å²) in [6.45, 7) is 2.22. The Labute approximate surface area is 161 Å². The van der Waals surface area contributed by atoms with E-state index in [1.807, 2.05) is 37.3 Å². The molecular formula is C22H18FN3O2. The summed E-state index contributed by atoms with van der Waals surface area (Å²) in [5.74, 6) is 0.427. The largest absolute Gasteiger partial charge is 0.441 e. The van der Waals surface area contributed by atoms with Crippen LogP contribution in [0, 0.1) is 12.7 Å². The second-order valence-electron chi connectivity index (χ2n) is 6.43. The molecule has 0 spiro atoms. The van der Waals surface area contributed by atoms with Gasteiger partial charge < -0.3 is 9.73 Å². The lowest BCUT2D eigenvalue weighted by atomic mass is 10.1. The molecule has 0 saturated heterocycles. The Bertz CT molecular complexity index is 1140. The Kier molecular flexibility index (Phi) is 4.85. The van der Waals surface area contributed by atoms with E-state index in [1.54, 1.807) is 18.2 Å². The molecule has 0 aliphatic rings. The van der Waals surface area contributed by atoms with E-state index in [0.29, 0.717) is 24.2 Å². The zero-order valence-corrected chi connectivity index (χ0v) is 15.3. The van der Waals surface area contributed by atoms with Crippen molar-refractivity contribution in [3.05, 3.63) is 83.6 Å². The average molecular weight is 375 g/mol. The van der Waals surface area contributed by atoms with Crippen LogP contribution in [0.3, 0.4) is 0 Å². The SMILES string of the molecule is Cc1oc(-c2ccccc2)nc1CCNC(=O)c1cc(F)c2ncccc2c1. The van der Waals surface area contributed by atoms with Crippen molar-refractivity contribution in [1.82, 2.24) is 15.3 Å². The number of carbonyl (C=O) groups is 1. The molecule has 0 aliphatic carbocycles. The van der Waals surface area contributed by atoms with Crippen molar-refractivity contribution < 1.29 is 13.6 Å². The lowest BCUT2D eigenvalue weighted by molar-refractivity contribution is 0.0953. The number of aromatic nitrogens is 2. The fourth-order valence-electron chi connectivity index (χ4n) is 3.04. The lowest BCUT2D eigenvalue weighted by Crippen LogP contribution is -2.26. The van der Waals surface area contributed by atoms with Crippen LogP contribution in [-0.2, 0) is 6.42 Å². The third-order valence-corrected chi connectivity index (χ3v) is 4.48. The van der Waals surface area contributed by atoms with Crippen LogP contribution in [0.2, 0.25) is 0 Å². The number of pyridine rings is 1. The minimum absolute atomic E-state index is 0.255. The van der Waals surface area contributed by atoms with Crippen LogP contribution >= 0.6 is 0 Å². The molecular weight excluding hydrogens is 357 g/mol. The summed E-state index contributed by atoms with van der Waals surface area (Å²) in [5.41, 5.74) is 2.21. The van der Waals surface area contributed by atoms with Gasteiger partial charge in [0.05, 0.1) is 5.69 Å². The standard InChI is InChI=1S/C22H18FN3O2/c1-14-19(26-22(28-14)15-6-3-2-4-7-15)9-11-25-21(27)17-12-16-8-5-10-24-20(16)18(23)13-17/h2-8,10,12-13H,9,11H2,1H3,(H,25,27). The van der Waals surface area contributed by atoms with Crippen LogP contribution in [0.25, 0.3) is 22.4 Å². The van der Waals surface area contributed by atoms with Gasteiger partial charge >= 0.3 is 0 Å². The van der Waals surface area contributed by atoms with Crippen LogP contribution in [0.15, 0.2) is 65.2 Å². The Morgan fingerprint density at radius 2 is 1.96 bits per heavy atom. The van der Waals surface area contributed by atoms with Crippen molar-refractivity contribution >= 4 is 16.8 Å². The van der Waals surface area contributed by atoms with Crippen LogP contribution in [0.1, 0.15) is 21.8 Å². The number of hydrogen-bond acceptors (Lipinski definition) is 4. The first kappa shape index (κ1) is 17.9. The molecule has 28 heavy (non-hydrogen) atoms. The minimum atomic E-state index is -0.511. The predicted octanol–water partition coefficient (Wildman–Crippen LogP) is 4.31. The van der Waals surface area contributed by atoms with Crippen LogP contribution in [-0.4, -0.2) is 22.4 Å². The topological polar surface area (TPSA) is 68.0 Å². The number of hydrogen-bond donors (Lipinski definition) is 1. The third-order valence-electron chi connectivity index (χ3n) is 4.48. The number of benzene rings is 2. The maximum Gasteiger partial charge on any atom is 0.251 e. The monoisotopic (exact) mass is 375 g/mol. The highest BCUT2D eigenvalue weighted by Gasteiger charge is 2.13. The van der Waals surface area contributed by atoms with E-state index in [-0.39, 0.29) is 17.0 Å². The Balaban J connectivity index is 1.43. The molecule has 2 heterocycles. The molecule has 4 rings (SSSR count). The van der Waals surface area contributed by atoms with Gasteiger partial charge in [-0.15, -0.1) is 0 Å². The Hall–Kier alpha value is -3.54. The Morgan fingerprint density at radius 1 is 1.14 bits per heavy atom. The van der Waals surface area contributed by atoms with Crippen molar-refractivity contribution in [3.8, 4) is 11.5 Å². The molecule has 0 bridgehead atoms. The van der Waals surface area contributed by atoms with E-state index in [2.05, 4.69) is 15.3 Å². The number of fused-ring (bicyclic) bond motifs is 1. The van der Waals surface area contributed by atoms with Gasteiger partial charge in [0.1, 0.15) is 17.1 Å². The maximum absolute atomic E-state index is 14.1.